The van der Waals surface area contributed by atoms with E-state index in [0.717, 1.165) is 30.1 Å². The quantitative estimate of drug-likeness (QED) is 0.758. The van der Waals surface area contributed by atoms with E-state index in [9.17, 15) is 0 Å². The Morgan fingerprint density at radius 2 is 2.29 bits per heavy atom. The van der Waals surface area contributed by atoms with Crippen molar-refractivity contribution in [1.82, 2.24) is 19.4 Å². The number of rotatable bonds is 6. The van der Waals surface area contributed by atoms with Crippen LogP contribution in [0.4, 0.5) is 5.82 Å². The zero-order valence-corrected chi connectivity index (χ0v) is 12.9. The molecule has 0 saturated carbocycles. The highest BCUT2D eigenvalue weighted by atomic mass is 32.1. The number of nitrogens with zero attached hydrogens (tertiary/aromatic N) is 4. The van der Waals surface area contributed by atoms with E-state index in [-0.39, 0.29) is 0 Å². The summed E-state index contributed by atoms with van der Waals surface area (Å²) in [6.45, 7) is 5.43. The van der Waals surface area contributed by atoms with Gasteiger partial charge in [0, 0.05) is 30.2 Å². The number of fused-ring (bicyclic) bond motifs is 1. The summed E-state index contributed by atoms with van der Waals surface area (Å²) in [5.74, 6) is 1.34. The standard InChI is InChI=1S/C14H17N5OS/c1-3-15-12-8-19-6-5-16-13(19)14(18-12)20-7-4-11-10(2)17-9-21-11/h5-6,8-9,15H,3-4,7H2,1-2H3. The number of aromatic nitrogens is 4. The lowest BCUT2D eigenvalue weighted by atomic mass is 10.3. The maximum absolute atomic E-state index is 5.84. The van der Waals surface area contributed by atoms with Crippen LogP contribution in [0.3, 0.4) is 0 Å². The summed E-state index contributed by atoms with van der Waals surface area (Å²) in [5.41, 5.74) is 3.67. The van der Waals surface area contributed by atoms with Gasteiger partial charge in [-0.15, -0.1) is 11.3 Å². The number of anilines is 1. The van der Waals surface area contributed by atoms with Crippen LogP contribution in [-0.2, 0) is 6.42 Å². The smallest absolute Gasteiger partial charge is 0.260 e. The highest BCUT2D eigenvalue weighted by molar-refractivity contribution is 7.09. The Kier molecular flexibility index (Phi) is 4.01. The molecule has 0 aromatic carbocycles. The normalized spacial score (nSPS) is 11.0. The van der Waals surface area contributed by atoms with Crippen LogP contribution in [0.5, 0.6) is 5.88 Å². The minimum Gasteiger partial charge on any atom is -0.475 e. The number of aryl methyl sites for hydroxylation is 1. The van der Waals surface area contributed by atoms with Gasteiger partial charge in [0.05, 0.1) is 24.0 Å². The number of imidazole rings is 1. The SMILES string of the molecule is CCNc1cn2ccnc2c(OCCc2scnc2C)n1. The molecule has 0 radical (unpaired) electrons. The Balaban J connectivity index is 1.76. The molecule has 0 aliphatic carbocycles. The lowest BCUT2D eigenvalue weighted by Gasteiger charge is -2.09. The van der Waals surface area contributed by atoms with Crippen LogP contribution < -0.4 is 10.1 Å². The molecule has 1 N–H and O–H groups in total. The molecule has 0 aliphatic heterocycles. The molecule has 0 atom stereocenters. The van der Waals surface area contributed by atoms with Gasteiger partial charge in [-0.1, -0.05) is 0 Å². The first-order valence-corrected chi connectivity index (χ1v) is 7.75. The van der Waals surface area contributed by atoms with Gasteiger partial charge in [-0.25, -0.2) is 9.97 Å². The largest absolute Gasteiger partial charge is 0.475 e. The van der Waals surface area contributed by atoms with E-state index in [1.165, 1.54) is 4.88 Å². The molecule has 6 nitrogen and oxygen atoms in total. The molecule has 0 spiro atoms. The highest BCUT2D eigenvalue weighted by Gasteiger charge is 2.09. The van der Waals surface area contributed by atoms with Crippen LogP contribution in [0.2, 0.25) is 0 Å². The molecule has 3 aromatic rings. The van der Waals surface area contributed by atoms with Gasteiger partial charge in [-0.2, -0.15) is 4.98 Å². The van der Waals surface area contributed by atoms with Gasteiger partial charge in [0.15, 0.2) is 0 Å². The molecule has 3 rings (SSSR count). The third-order valence-electron chi connectivity index (χ3n) is 3.11. The van der Waals surface area contributed by atoms with Crippen molar-refractivity contribution in [3.05, 3.63) is 34.7 Å². The van der Waals surface area contributed by atoms with Gasteiger partial charge in [0.25, 0.3) is 5.88 Å². The number of ether oxygens (including phenoxy) is 1. The summed E-state index contributed by atoms with van der Waals surface area (Å²) < 4.78 is 7.75. The average Bonchev–Trinajstić information content (AvgIpc) is 3.08. The first kappa shape index (κ1) is 13.8. The Hall–Kier alpha value is -2.15. The predicted octanol–water partition coefficient (Wildman–Crippen LogP) is 2.55. The van der Waals surface area contributed by atoms with E-state index in [4.69, 9.17) is 4.74 Å². The van der Waals surface area contributed by atoms with Gasteiger partial charge in [-0.05, 0) is 13.8 Å². The van der Waals surface area contributed by atoms with Crippen molar-refractivity contribution in [2.24, 2.45) is 0 Å². The third kappa shape index (κ3) is 2.97. The zero-order chi connectivity index (χ0) is 14.7. The summed E-state index contributed by atoms with van der Waals surface area (Å²) in [7, 11) is 0. The topological polar surface area (TPSA) is 64.3 Å². The van der Waals surface area contributed by atoms with Crippen LogP contribution in [0.15, 0.2) is 24.1 Å². The van der Waals surface area contributed by atoms with Crippen LogP contribution in [0.1, 0.15) is 17.5 Å². The fourth-order valence-electron chi connectivity index (χ4n) is 2.07. The molecule has 0 amide bonds. The van der Waals surface area contributed by atoms with Crippen molar-refractivity contribution in [2.45, 2.75) is 20.3 Å². The molecular weight excluding hydrogens is 286 g/mol. The van der Waals surface area contributed by atoms with E-state index in [1.54, 1.807) is 17.5 Å². The molecule has 110 valence electrons. The molecule has 0 unspecified atom stereocenters. The number of hydrogen-bond acceptors (Lipinski definition) is 6. The monoisotopic (exact) mass is 303 g/mol. The Morgan fingerprint density at radius 3 is 3.05 bits per heavy atom. The second-order valence-corrected chi connectivity index (χ2v) is 5.52. The van der Waals surface area contributed by atoms with E-state index in [2.05, 4.69) is 20.3 Å². The van der Waals surface area contributed by atoms with Crippen molar-refractivity contribution >= 4 is 22.8 Å². The number of nitrogens with one attached hydrogen (secondary N) is 1. The van der Waals surface area contributed by atoms with Gasteiger partial charge in [0.1, 0.15) is 5.82 Å². The van der Waals surface area contributed by atoms with Crippen LogP contribution in [0.25, 0.3) is 5.65 Å². The molecule has 0 aliphatic rings. The summed E-state index contributed by atoms with van der Waals surface area (Å²) in [6.07, 6.45) is 6.37. The van der Waals surface area contributed by atoms with Crippen molar-refractivity contribution in [1.29, 1.82) is 0 Å². The summed E-state index contributed by atoms with van der Waals surface area (Å²) >= 11 is 1.66. The molecule has 0 fully saturated rings. The molecule has 7 heteroatoms. The Labute approximate surface area is 126 Å². The maximum atomic E-state index is 5.84. The van der Waals surface area contributed by atoms with Crippen molar-refractivity contribution < 1.29 is 4.74 Å². The van der Waals surface area contributed by atoms with E-state index in [0.29, 0.717) is 12.5 Å². The van der Waals surface area contributed by atoms with Gasteiger partial charge in [0.2, 0.25) is 5.65 Å². The fraction of sp³-hybridized carbons (Fsp3) is 0.357. The molecule has 3 aromatic heterocycles. The minimum atomic E-state index is 0.556. The number of hydrogen-bond donors (Lipinski definition) is 1. The molecule has 0 bridgehead atoms. The Bertz CT molecular complexity index is 736. The first-order chi connectivity index (χ1) is 10.3. The van der Waals surface area contributed by atoms with Gasteiger partial charge < -0.3 is 10.1 Å². The number of thiazole rings is 1. The maximum Gasteiger partial charge on any atom is 0.260 e. The Morgan fingerprint density at radius 1 is 1.38 bits per heavy atom. The fourth-order valence-corrected chi connectivity index (χ4v) is 2.84. The van der Waals surface area contributed by atoms with E-state index < -0.39 is 0 Å². The molecular formula is C14H17N5OS. The molecule has 21 heavy (non-hydrogen) atoms. The van der Waals surface area contributed by atoms with Crippen molar-refractivity contribution in [2.75, 3.05) is 18.5 Å². The lowest BCUT2D eigenvalue weighted by molar-refractivity contribution is 0.312. The lowest BCUT2D eigenvalue weighted by Crippen LogP contribution is -2.07. The van der Waals surface area contributed by atoms with E-state index >= 15 is 0 Å². The summed E-state index contributed by atoms with van der Waals surface area (Å²) in [6, 6.07) is 0. The first-order valence-electron chi connectivity index (χ1n) is 6.87. The molecule has 0 saturated heterocycles. The zero-order valence-electron chi connectivity index (χ0n) is 12.0. The van der Waals surface area contributed by atoms with Gasteiger partial charge >= 0.3 is 0 Å². The second kappa shape index (κ2) is 6.09. The average molecular weight is 303 g/mol. The van der Waals surface area contributed by atoms with Crippen molar-refractivity contribution in [3.8, 4) is 5.88 Å². The molecule has 3 heterocycles. The van der Waals surface area contributed by atoms with Crippen LogP contribution in [-0.4, -0.2) is 32.5 Å². The van der Waals surface area contributed by atoms with E-state index in [1.807, 2.05) is 36.2 Å². The van der Waals surface area contributed by atoms with Crippen LogP contribution in [0, 0.1) is 6.92 Å². The predicted molar refractivity (Wildman–Crippen MR) is 83.2 cm³/mol. The summed E-state index contributed by atoms with van der Waals surface area (Å²) in [4.78, 5) is 14.3. The van der Waals surface area contributed by atoms with Crippen molar-refractivity contribution in [3.63, 3.8) is 0 Å². The highest BCUT2D eigenvalue weighted by Crippen LogP contribution is 2.19. The second-order valence-electron chi connectivity index (χ2n) is 4.58. The summed E-state index contributed by atoms with van der Waals surface area (Å²) in [5, 5.41) is 3.20. The minimum absolute atomic E-state index is 0.556. The third-order valence-corrected chi connectivity index (χ3v) is 4.11. The van der Waals surface area contributed by atoms with Gasteiger partial charge in [-0.3, -0.25) is 4.40 Å². The van der Waals surface area contributed by atoms with Crippen LogP contribution >= 0.6 is 11.3 Å².